The van der Waals surface area contributed by atoms with Gasteiger partial charge < -0.3 is 34.4 Å². The summed E-state index contributed by atoms with van der Waals surface area (Å²) in [6.07, 6.45) is 3.27. The molecule has 0 spiro atoms. The Hall–Kier alpha value is -5.83. The number of hydrogen-bond donors (Lipinski definition) is 3. The first-order valence-corrected chi connectivity index (χ1v) is 18.1. The van der Waals surface area contributed by atoms with E-state index in [0.717, 1.165) is 57.4 Å². The zero-order valence-corrected chi connectivity index (χ0v) is 31.0. The molecule has 3 atom stereocenters. The van der Waals surface area contributed by atoms with Crippen LogP contribution in [0.15, 0.2) is 73.1 Å². The molecule has 2 aliphatic rings. The Kier molecular flexibility index (Phi) is 10.6. The monoisotopic (exact) mass is 755 g/mol. The highest BCUT2D eigenvalue weighted by Gasteiger charge is 2.40. The predicted molar refractivity (Wildman–Crippen MR) is 200 cm³/mol. The molecule has 288 valence electrons. The van der Waals surface area contributed by atoms with Crippen molar-refractivity contribution in [3.05, 3.63) is 84.7 Å². The Morgan fingerprint density at radius 1 is 0.855 bits per heavy atom. The van der Waals surface area contributed by atoms with Crippen LogP contribution in [-0.2, 0) is 19.0 Å². The third-order valence-electron chi connectivity index (χ3n) is 9.83. The van der Waals surface area contributed by atoms with Crippen LogP contribution in [0.25, 0.3) is 44.4 Å². The summed E-state index contributed by atoms with van der Waals surface area (Å²) < 4.78 is 41.0. The van der Waals surface area contributed by atoms with Gasteiger partial charge in [0.2, 0.25) is 5.91 Å². The molecule has 2 aromatic heterocycles. The number of carbonyl (C=O) groups is 3. The Labute approximate surface area is 316 Å². The lowest BCUT2D eigenvalue weighted by Crippen LogP contribution is -2.40. The van der Waals surface area contributed by atoms with Gasteiger partial charge in [-0.2, -0.15) is 8.78 Å². The van der Waals surface area contributed by atoms with Gasteiger partial charge in [0.15, 0.2) is 0 Å². The molecule has 15 heteroatoms. The zero-order chi connectivity index (χ0) is 38.9. The summed E-state index contributed by atoms with van der Waals surface area (Å²) in [5, 5.41) is 4.47. The molecule has 0 saturated carbocycles. The fraction of sp³-hybridized carbons (Fsp3) is 0.375. The smallest absolute Gasteiger partial charge is 0.410 e. The maximum atomic E-state index is 13.1. The Bertz CT molecular complexity index is 2180. The van der Waals surface area contributed by atoms with Crippen LogP contribution in [0.4, 0.5) is 18.4 Å². The molecule has 0 radical (unpaired) electrons. The van der Waals surface area contributed by atoms with E-state index in [4.69, 9.17) is 9.47 Å². The van der Waals surface area contributed by atoms with Crippen LogP contribution in [0.1, 0.15) is 63.8 Å². The number of carbonyl (C=O) groups excluding carboxylic acids is 3. The van der Waals surface area contributed by atoms with E-state index in [2.05, 4.69) is 66.4 Å². The maximum absolute atomic E-state index is 13.1. The van der Waals surface area contributed by atoms with Gasteiger partial charge in [0.05, 0.1) is 49.1 Å². The summed E-state index contributed by atoms with van der Waals surface area (Å²) in [5.74, 6) is 0.692. The molecule has 55 heavy (non-hydrogen) atoms. The van der Waals surface area contributed by atoms with Crippen molar-refractivity contribution in [2.75, 3.05) is 26.7 Å². The van der Waals surface area contributed by atoms with E-state index in [0.29, 0.717) is 18.1 Å². The molecule has 4 heterocycles. The lowest BCUT2D eigenvalue weighted by Gasteiger charge is -2.27. The Morgan fingerprint density at radius 2 is 1.45 bits per heavy atom. The summed E-state index contributed by atoms with van der Waals surface area (Å²) in [7, 11) is 1.18. The van der Waals surface area contributed by atoms with Crippen molar-refractivity contribution in [3.8, 4) is 33.6 Å². The van der Waals surface area contributed by atoms with Crippen molar-refractivity contribution in [2.24, 2.45) is 0 Å². The number of imidazole rings is 2. The van der Waals surface area contributed by atoms with Gasteiger partial charge in [-0.25, -0.2) is 19.6 Å². The number of methoxy groups -OCH3 is 1. The zero-order valence-electron chi connectivity index (χ0n) is 31.0. The molecule has 2 fully saturated rings. The lowest BCUT2D eigenvalue weighted by atomic mass is 9.98. The SMILES string of the molecule is COC(=O)NCC(=O)N1CC(OC(F)F)C[C@H]1c1ncc(-c2ccc(-c3ccc4cc(-c5cnc([C@@H]6CCCN6C(=O)OC(C)(C)C)[nH]5)ccc4c3)cc2)[nH]1. The van der Waals surface area contributed by atoms with Crippen LogP contribution in [0.2, 0.25) is 0 Å². The highest BCUT2D eigenvalue weighted by Crippen LogP contribution is 2.36. The largest absolute Gasteiger partial charge is 0.453 e. The second-order valence-corrected chi connectivity index (χ2v) is 14.7. The average Bonchev–Trinajstić information content (AvgIpc) is 3.99. The number of halogens is 2. The maximum Gasteiger partial charge on any atom is 0.410 e. The number of ether oxygens (including phenoxy) is 3. The standard InChI is InChI=1S/C40H43F2N7O6/c1-40(2,3)55-39(52)48-15-5-6-32(48)35-43-20-31(47-35)28-14-13-26-16-25(11-12-27(26)17-28)23-7-9-24(10-8-23)30-19-44-36(46-30)33-18-29(54-37(41)42)22-49(33)34(50)21-45-38(51)53-4/h7-14,16-17,19-20,29,32-33,37H,5-6,15,18,21-22H2,1-4H3,(H,43,47)(H,44,46)(H,45,51)/t29?,32-,33-/m0/s1. The second kappa shape index (κ2) is 15.5. The van der Waals surface area contributed by atoms with E-state index in [1.165, 1.54) is 12.0 Å². The van der Waals surface area contributed by atoms with Gasteiger partial charge >= 0.3 is 18.8 Å². The van der Waals surface area contributed by atoms with Crippen LogP contribution in [0.3, 0.4) is 0 Å². The number of likely N-dealkylation sites (tertiary alicyclic amines) is 2. The molecule has 2 aliphatic heterocycles. The van der Waals surface area contributed by atoms with E-state index in [9.17, 15) is 23.2 Å². The van der Waals surface area contributed by atoms with Crippen molar-refractivity contribution in [1.82, 2.24) is 35.1 Å². The third-order valence-corrected chi connectivity index (χ3v) is 9.83. The summed E-state index contributed by atoms with van der Waals surface area (Å²) >= 11 is 0. The van der Waals surface area contributed by atoms with Gasteiger partial charge in [-0.05, 0) is 73.2 Å². The Morgan fingerprint density at radius 3 is 2.11 bits per heavy atom. The van der Waals surface area contributed by atoms with Crippen molar-refractivity contribution < 1.29 is 37.4 Å². The Balaban J connectivity index is 1.03. The number of aromatic nitrogens is 4. The van der Waals surface area contributed by atoms with Crippen molar-refractivity contribution in [1.29, 1.82) is 0 Å². The number of amides is 3. The first kappa shape index (κ1) is 37.5. The summed E-state index contributed by atoms with van der Waals surface area (Å²) in [4.78, 5) is 56.3. The minimum atomic E-state index is -2.99. The molecule has 3 N–H and O–H groups in total. The normalized spacial score (nSPS) is 18.6. The molecule has 2 saturated heterocycles. The van der Waals surface area contributed by atoms with Crippen LogP contribution < -0.4 is 5.32 Å². The van der Waals surface area contributed by atoms with Crippen LogP contribution in [0, 0.1) is 0 Å². The molecule has 3 amide bonds. The van der Waals surface area contributed by atoms with Gasteiger partial charge in [0.1, 0.15) is 23.8 Å². The van der Waals surface area contributed by atoms with E-state index >= 15 is 0 Å². The minimum Gasteiger partial charge on any atom is -0.453 e. The highest BCUT2D eigenvalue weighted by atomic mass is 19.3. The molecule has 3 aromatic carbocycles. The average molecular weight is 756 g/mol. The number of nitrogens with one attached hydrogen (secondary N) is 3. The first-order chi connectivity index (χ1) is 26.3. The van der Waals surface area contributed by atoms with Gasteiger partial charge in [-0.1, -0.05) is 48.5 Å². The van der Waals surface area contributed by atoms with E-state index in [-0.39, 0.29) is 31.6 Å². The molecule has 5 aromatic rings. The van der Waals surface area contributed by atoms with Crippen molar-refractivity contribution >= 4 is 28.9 Å². The third kappa shape index (κ3) is 8.46. The topological polar surface area (TPSA) is 155 Å². The van der Waals surface area contributed by atoms with E-state index in [1.807, 2.05) is 51.2 Å². The minimum absolute atomic E-state index is 0.0742. The van der Waals surface area contributed by atoms with Gasteiger partial charge in [0, 0.05) is 25.1 Å². The number of H-pyrrole nitrogens is 2. The number of fused-ring (bicyclic) bond motifs is 1. The lowest BCUT2D eigenvalue weighted by molar-refractivity contribution is -0.160. The quantitative estimate of drug-likeness (QED) is 0.139. The molecule has 7 rings (SSSR count). The van der Waals surface area contributed by atoms with Gasteiger partial charge in [-0.3, -0.25) is 9.69 Å². The molecule has 13 nitrogen and oxygen atoms in total. The van der Waals surface area contributed by atoms with Crippen LogP contribution in [-0.4, -0.2) is 92.9 Å². The van der Waals surface area contributed by atoms with Crippen molar-refractivity contribution in [2.45, 2.75) is 70.4 Å². The molecule has 0 aliphatic carbocycles. The number of hydrogen-bond acceptors (Lipinski definition) is 8. The number of rotatable bonds is 9. The van der Waals surface area contributed by atoms with E-state index < -0.39 is 36.4 Å². The fourth-order valence-electron chi connectivity index (χ4n) is 7.23. The van der Waals surface area contributed by atoms with Gasteiger partial charge in [-0.15, -0.1) is 0 Å². The van der Waals surface area contributed by atoms with E-state index in [1.54, 1.807) is 11.1 Å². The number of nitrogens with zero attached hydrogens (tertiary/aromatic N) is 4. The highest BCUT2D eigenvalue weighted by molar-refractivity contribution is 5.90. The van der Waals surface area contributed by atoms with Gasteiger partial charge in [0.25, 0.3) is 0 Å². The fourth-order valence-corrected chi connectivity index (χ4v) is 7.23. The summed E-state index contributed by atoms with van der Waals surface area (Å²) in [5.41, 5.74) is 4.89. The van der Waals surface area contributed by atoms with Crippen LogP contribution >= 0.6 is 0 Å². The first-order valence-electron chi connectivity index (χ1n) is 18.1. The molecule has 1 unspecified atom stereocenters. The number of aromatic amines is 2. The molecule has 0 bridgehead atoms. The van der Waals surface area contributed by atoms with Crippen LogP contribution in [0.5, 0.6) is 0 Å². The second-order valence-electron chi connectivity index (χ2n) is 14.7. The molecular formula is C40H43F2N7O6. The summed E-state index contributed by atoms with van der Waals surface area (Å²) in [6.45, 7) is 2.80. The number of benzene rings is 3. The number of alkyl carbamates (subject to hydrolysis) is 1. The van der Waals surface area contributed by atoms with Crippen molar-refractivity contribution in [3.63, 3.8) is 0 Å². The molecular weight excluding hydrogens is 712 g/mol. The number of alkyl halides is 2. The predicted octanol–water partition coefficient (Wildman–Crippen LogP) is 7.60. The summed E-state index contributed by atoms with van der Waals surface area (Å²) in [6, 6.07) is 19.7.